The van der Waals surface area contributed by atoms with E-state index in [4.69, 9.17) is 26.2 Å². The first-order valence-electron chi connectivity index (χ1n) is 3.90. The monoisotopic (exact) mass is 212 g/mol. The van der Waals surface area contributed by atoms with Crippen LogP contribution in [0.3, 0.4) is 0 Å². The molecular weight excluding hydrogens is 196 g/mol. The van der Waals surface area contributed by atoms with Gasteiger partial charge in [-0.05, 0) is 0 Å². The largest absolute Gasteiger partial charge is 0.394 e. The topological polar surface area (TPSA) is 162 Å². The van der Waals surface area contributed by atoms with E-state index in [1.807, 2.05) is 0 Å². The highest BCUT2D eigenvalue weighted by Crippen LogP contribution is 2.07. The molecule has 0 spiro atoms. The van der Waals surface area contributed by atoms with E-state index in [1.54, 1.807) is 0 Å². The van der Waals surface area contributed by atoms with Gasteiger partial charge in [-0.1, -0.05) is 0 Å². The Morgan fingerprint density at radius 2 is 1.50 bits per heavy atom. The number of nitrogens with two attached hydrogens (primary N) is 2. The molecule has 0 aromatic carbocycles. The molecule has 14 heavy (non-hydrogen) atoms. The number of rotatable bonds is 6. The molecule has 1 unspecified atom stereocenters. The van der Waals surface area contributed by atoms with Crippen molar-refractivity contribution in [2.24, 2.45) is 11.6 Å². The zero-order valence-electron chi connectivity index (χ0n) is 7.39. The number of hydrogen-bond donors (Lipinski definition) is 7. The van der Waals surface area contributed by atoms with E-state index in [0.717, 1.165) is 0 Å². The molecule has 0 radical (unpaired) electrons. The first kappa shape index (κ1) is 13.7. The summed E-state index contributed by atoms with van der Waals surface area (Å²) in [5.74, 6) is 4.63. The van der Waals surface area contributed by atoms with Crippen molar-refractivity contribution in [2.75, 3.05) is 6.61 Å². The predicted octanol–water partition coefficient (Wildman–Crippen LogP) is -4.40. The van der Waals surface area contributed by atoms with Crippen LogP contribution in [0.5, 0.6) is 0 Å². The van der Waals surface area contributed by atoms with Crippen molar-refractivity contribution < 1.29 is 30.4 Å². The zero-order chi connectivity index (χ0) is 11.3. The lowest BCUT2D eigenvalue weighted by Crippen LogP contribution is -2.53. The zero-order valence-corrected chi connectivity index (χ0v) is 7.39. The van der Waals surface area contributed by atoms with Crippen LogP contribution in [0.1, 0.15) is 0 Å². The Morgan fingerprint density at radius 1 is 1.00 bits per heavy atom. The van der Waals surface area contributed by atoms with Crippen molar-refractivity contribution in [3.63, 3.8) is 0 Å². The predicted molar refractivity (Wildman–Crippen MR) is 44.4 cm³/mol. The molecule has 5 atom stereocenters. The van der Waals surface area contributed by atoms with Crippen LogP contribution in [0.25, 0.3) is 0 Å². The van der Waals surface area contributed by atoms with E-state index in [0.29, 0.717) is 0 Å². The van der Waals surface area contributed by atoms with Crippen LogP contribution in [0.15, 0.2) is 0 Å². The van der Waals surface area contributed by atoms with Crippen LogP contribution < -0.4 is 11.6 Å². The lowest BCUT2D eigenvalue weighted by molar-refractivity contribution is -0.150. The minimum absolute atomic E-state index is 0.760. The van der Waals surface area contributed by atoms with Crippen molar-refractivity contribution in [2.45, 2.75) is 30.6 Å². The Balaban J connectivity index is 4.22. The first-order chi connectivity index (χ1) is 6.45. The van der Waals surface area contributed by atoms with Gasteiger partial charge in [0.15, 0.2) is 6.23 Å². The quantitative estimate of drug-likeness (QED) is 0.171. The molecule has 0 aliphatic rings. The third kappa shape index (κ3) is 3.44. The van der Waals surface area contributed by atoms with E-state index < -0.39 is 37.3 Å². The van der Waals surface area contributed by atoms with Crippen molar-refractivity contribution in [3.8, 4) is 0 Å². The van der Waals surface area contributed by atoms with Gasteiger partial charge in [-0.3, -0.25) is 4.84 Å². The van der Waals surface area contributed by atoms with Crippen LogP contribution >= 0.6 is 0 Å². The van der Waals surface area contributed by atoms with Crippen molar-refractivity contribution in [1.29, 1.82) is 0 Å². The lowest BCUT2D eigenvalue weighted by atomic mass is 10.0. The van der Waals surface area contributed by atoms with Crippen LogP contribution in [-0.2, 0) is 4.84 Å². The molecule has 0 saturated carbocycles. The van der Waals surface area contributed by atoms with Crippen molar-refractivity contribution in [3.05, 3.63) is 0 Å². The smallest absolute Gasteiger partial charge is 0.155 e. The summed E-state index contributed by atoms with van der Waals surface area (Å²) >= 11 is 0. The minimum Gasteiger partial charge on any atom is -0.394 e. The van der Waals surface area contributed by atoms with E-state index in [9.17, 15) is 5.11 Å². The molecule has 0 heterocycles. The normalized spacial score (nSPS) is 22.5. The maximum Gasteiger partial charge on any atom is 0.155 e. The molecule has 0 aromatic heterocycles. The molecule has 0 saturated heterocycles. The summed E-state index contributed by atoms with van der Waals surface area (Å²) in [4.78, 5) is 4.01. The second kappa shape index (κ2) is 6.22. The number of hydrogen-bond acceptors (Lipinski definition) is 8. The molecule has 8 nitrogen and oxygen atoms in total. The van der Waals surface area contributed by atoms with Gasteiger partial charge >= 0.3 is 0 Å². The molecule has 0 fully saturated rings. The van der Waals surface area contributed by atoms with Gasteiger partial charge in [0.05, 0.1) is 6.61 Å². The average molecular weight is 212 g/mol. The highest BCUT2D eigenvalue weighted by atomic mass is 16.6. The summed E-state index contributed by atoms with van der Waals surface area (Å²) in [6.07, 6.45) is -8.15. The Morgan fingerprint density at radius 3 is 1.86 bits per heavy atom. The fraction of sp³-hybridized carbons (Fsp3) is 1.00. The molecule has 86 valence electrons. The summed E-state index contributed by atoms with van der Waals surface area (Å²) in [6, 6.07) is 0. The highest BCUT2D eigenvalue weighted by molar-refractivity contribution is 4.82. The van der Waals surface area contributed by atoms with Gasteiger partial charge in [0, 0.05) is 0 Å². The number of aliphatic hydroxyl groups excluding tert-OH is 5. The summed E-state index contributed by atoms with van der Waals surface area (Å²) in [5, 5.41) is 44.9. The van der Waals surface area contributed by atoms with Gasteiger partial charge in [0.2, 0.25) is 0 Å². The van der Waals surface area contributed by atoms with Gasteiger partial charge in [0.25, 0.3) is 0 Å². The third-order valence-electron chi connectivity index (χ3n) is 1.77. The molecule has 0 aliphatic carbocycles. The maximum atomic E-state index is 9.20. The molecule has 0 aromatic rings. The van der Waals surface area contributed by atoms with Crippen LogP contribution in [-0.4, -0.2) is 62.8 Å². The van der Waals surface area contributed by atoms with E-state index in [1.165, 1.54) is 0 Å². The van der Waals surface area contributed by atoms with Gasteiger partial charge in [0.1, 0.15) is 24.4 Å². The Kier molecular flexibility index (Phi) is 6.08. The first-order valence-corrected chi connectivity index (χ1v) is 3.90. The fourth-order valence-electron chi connectivity index (χ4n) is 0.812. The summed E-state index contributed by atoms with van der Waals surface area (Å²) in [7, 11) is 0. The summed E-state index contributed by atoms with van der Waals surface area (Å²) in [5.41, 5.74) is 5.08. The van der Waals surface area contributed by atoms with E-state index >= 15 is 0 Å². The van der Waals surface area contributed by atoms with Crippen molar-refractivity contribution in [1.82, 2.24) is 0 Å². The van der Waals surface area contributed by atoms with Gasteiger partial charge in [-0.25, -0.2) is 5.90 Å². The summed E-state index contributed by atoms with van der Waals surface area (Å²) < 4.78 is 0. The molecule has 9 N–H and O–H groups in total. The second-order valence-corrected chi connectivity index (χ2v) is 2.82. The van der Waals surface area contributed by atoms with E-state index in [-0.39, 0.29) is 0 Å². The highest BCUT2D eigenvalue weighted by Gasteiger charge is 2.33. The Labute approximate surface area is 80.3 Å². The average Bonchev–Trinajstić information content (AvgIpc) is 2.23. The Bertz CT molecular complexity index is 143. The molecular formula is C6H16N2O6. The number of aliphatic hydroxyl groups is 5. The van der Waals surface area contributed by atoms with Crippen molar-refractivity contribution >= 4 is 0 Å². The summed E-state index contributed by atoms with van der Waals surface area (Å²) in [6.45, 7) is -0.760. The van der Waals surface area contributed by atoms with E-state index in [2.05, 4.69) is 10.7 Å². The van der Waals surface area contributed by atoms with Crippen LogP contribution in [0.2, 0.25) is 0 Å². The van der Waals surface area contributed by atoms with Gasteiger partial charge < -0.3 is 31.3 Å². The standard InChI is InChI=1S/C6H16N2O6/c7-6(14-8)5(13)4(12)3(11)2(10)1-9/h2-6,9-13H,1,7-8H2/t2-,3-,4+,5+,6?/m1/s1. The third-order valence-corrected chi connectivity index (χ3v) is 1.77. The van der Waals surface area contributed by atoms with Crippen LogP contribution in [0.4, 0.5) is 0 Å². The Hall–Kier alpha value is -0.320. The second-order valence-electron chi connectivity index (χ2n) is 2.82. The minimum atomic E-state index is -1.77. The van der Waals surface area contributed by atoms with Gasteiger partial charge in [-0.2, -0.15) is 0 Å². The SMILES string of the molecule is NOC(N)[C@@H](O)[C@@H](O)[C@H](O)[C@H](O)CO. The van der Waals surface area contributed by atoms with Crippen LogP contribution in [0, 0.1) is 0 Å². The fourth-order valence-corrected chi connectivity index (χ4v) is 0.812. The molecule has 8 heteroatoms. The maximum absolute atomic E-state index is 9.20. The molecule has 0 aliphatic heterocycles. The molecule has 0 bridgehead atoms. The lowest BCUT2D eigenvalue weighted by Gasteiger charge is -2.27. The molecule has 0 rings (SSSR count). The van der Waals surface area contributed by atoms with Gasteiger partial charge in [-0.15, -0.1) is 0 Å². The molecule has 0 amide bonds.